The summed E-state index contributed by atoms with van der Waals surface area (Å²) < 4.78 is 8.34. The Kier molecular flexibility index (Phi) is 6.51. The molecule has 0 aromatic carbocycles. The molecule has 0 aliphatic carbocycles. The molecule has 4 heteroatoms. The van der Waals surface area contributed by atoms with Crippen molar-refractivity contribution in [2.75, 3.05) is 6.61 Å². The van der Waals surface area contributed by atoms with E-state index in [4.69, 9.17) is 4.43 Å². The minimum absolute atomic E-state index is 0.941. The monoisotopic (exact) mass is 254 g/mol. The van der Waals surface area contributed by atoms with E-state index in [0.29, 0.717) is 0 Å². The molecule has 0 amide bonds. The molecule has 17 heavy (non-hydrogen) atoms. The molecule has 0 radical (unpaired) electrons. The van der Waals surface area contributed by atoms with Gasteiger partial charge in [-0.2, -0.15) is 0 Å². The van der Waals surface area contributed by atoms with E-state index in [1.807, 2.05) is 18.7 Å². The summed E-state index contributed by atoms with van der Waals surface area (Å²) in [5.41, 5.74) is 0. The fraction of sp³-hybridized carbons (Fsp3) is 0.769. The zero-order valence-corrected chi connectivity index (χ0v) is 12.5. The number of hydrogen-bond donors (Lipinski definition) is 0. The van der Waals surface area contributed by atoms with Crippen LogP contribution in [0.3, 0.4) is 0 Å². The molecule has 0 saturated heterocycles. The molecule has 1 aromatic heterocycles. The van der Waals surface area contributed by atoms with Crippen molar-refractivity contribution in [1.29, 1.82) is 0 Å². The van der Waals surface area contributed by atoms with Crippen LogP contribution in [0, 0.1) is 0 Å². The van der Waals surface area contributed by atoms with Crippen LogP contribution in [-0.4, -0.2) is 24.5 Å². The predicted molar refractivity (Wildman–Crippen MR) is 74.6 cm³/mol. The highest BCUT2D eigenvalue weighted by Crippen LogP contribution is 2.21. The van der Waals surface area contributed by atoms with Gasteiger partial charge in [0.15, 0.2) is 8.32 Å². The molecule has 0 fully saturated rings. The van der Waals surface area contributed by atoms with E-state index in [1.54, 1.807) is 0 Å². The van der Waals surface area contributed by atoms with Crippen molar-refractivity contribution < 1.29 is 4.43 Å². The molecule has 0 aliphatic rings. The molecule has 1 heterocycles. The van der Waals surface area contributed by atoms with Gasteiger partial charge in [0.1, 0.15) is 0 Å². The summed E-state index contributed by atoms with van der Waals surface area (Å²) in [6.07, 6.45) is 8.07. The van der Waals surface area contributed by atoms with Crippen LogP contribution in [0.4, 0.5) is 0 Å². The molecule has 1 rings (SSSR count). The minimum atomic E-state index is -1.35. The lowest BCUT2D eigenvalue weighted by atomic mass is 10.3. The maximum absolute atomic E-state index is 6.21. The lowest BCUT2D eigenvalue weighted by Gasteiger charge is -2.27. The summed E-state index contributed by atoms with van der Waals surface area (Å²) in [5.74, 6) is 0. The van der Waals surface area contributed by atoms with E-state index < -0.39 is 8.32 Å². The number of unbranched alkanes of at least 4 members (excludes halogenated alkanes) is 1. The number of rotatable bonds is 9. The van der Waals surface area contributed by atoms with E-state index in [1.165, 1.54) is 24.6 Å². The highest BCUT2D eigenvalue weighted by molar-refractivity contribution is 6.73. The molecule has 0 atom stereocenters. The van der Waals surface area contributed by atoms with Gasteiger partial charge < -0.3 is 8.99 Å². The molecule has 0 saturated carbocycles. The van der Waals surface area contributed by atoms with Crippen molar-refractivity contribution in [3.8, 4) is 0 Å². The molecule has 0 spiro atoms. The van der Waals surface area contributed by atoms with Crippen LogP contribution in [-0.2, 0) is 11.0 Å². The summed E-state index contributed by atoms with van der Waals surface area (Å²) in [6.45, 7) is 8.85. The van der Waals surface area contributed by atoms with E-state index in [2.05, 4.69) is 30.3 Å². The van der Waals surface area contributed by atoms with Gasteiger partial charge in [-0.1, -0.05) is 20.8 Å². The van der Waals surface area contributed by atoms with Gasteiger partial charge in [0, 0.05) is 25.5 Å². The predicted octanol–water partition coefficient (Wildman–Crippen LogP) is 3.69. The van der Waals surface area contributed by atoms with Crippen LogP contribution in [0.25, 0.3) is 0 Å². The smallest absolute Gasteiger partial charge is 0.191 e. The number of imidazole rings is 1. The molecule has 0 bridgehead atoms. The van der Waals surface area contributed by atoms with Crippen molar-refractivity contribution >= 4 is 8.32 Å². The maximum Gasteiger partial charge on any atom is 0.191 e. The van der Waals surface area contributed by atoms with E-state index in [-0.39, 0.29) is 0 Å². The Morgan fingerprint density at radius 3 is 2.35 bits per heavy atom. The normalized spacial score (nSPS) is 11.9. The first-order chi connectivity index (χ1) is 8.26. The van der Waals surface area contributed by atoms with E-state index in [0.717, 1.165) is 19.6 Å². The van der Waals surface area contributed by atoms with Crippen LogP contribution < -0.4 is 0 Å². The van der Waals surface area contributed by atoms with Gasteiger partial charge in [-0.15, -0.1) is 0 Å². The van der Waals surface area contributed by atoms with Crippen LogP contribution in [0.2, 0.25) is 18.1 Å². The summed E-state index contributed by atoms with van der Waals surface area (Å²) in [5, 5.41) is 0. The van der Waals surface area contributed by atoms with E-state index in [9.17, 15) is 0 Å². The highest BCUT2D eigenvalue weighted by atomic mass is 28.4. The quantitative estimate of drug-likeness (QED) is 0.496. The first-order valence-corrected chi connectivity index (χ1v) is 9.39. The molecule has 98 valence electrons. The molecule has 3 nitrogen and oxygen atoms in total. The van der Waals surface area contributed by atoms with Crippen LogP contribution in [0.15, 0.2) is 18.7 Å². The van der Waals surface area contributed by atoms with Gasteiger partial charge in [-0.05, 0) is 31.0 Å². The van der Waals surface area contributed by atoms with Crippen molar-refractivity contribution in [3.05, 3.63) is 18.7 Å². The SMILES string of the molecule is CC[Si](CC)(CC)OCCCCn1ccnc1. The van der Waals surface area contributed by atoms with Crippen LogP contribution in [0.1, 0.15) is 33.6 Å². The fourth-order valence-corrected chi connectivity index (χ4v) is 4.85. The number of hydrogen-bond acceptors (Lipinski definition) is 2. The molecular formula is C13H26N2OSi. The Hall–Kier alpha value is -0.613. The van der Waals surface area contributed by atoms with Crippen molar-refractivity contribution in [1.82, 2.24) is 9.55 Å². The van der Waals surface area contributed by atoms with E-state index >= 15 is 0 Å². The average molecular weight is 254 g/mol. The van der Waals surface area contributed by atoms with Gasteiger partial charge in [-0.25, -0.2) is 4.98 Å². The summed E-state index contributed by atoms with van der Waals surface area (Å²) in [4.78, 5) is 4.04. The van der Waals surface area contributed by atoms with Crippen molar-refractivity contribution in [2.24, 2.45) is 0 Å². The van der Waals surface area contributed by atoms with Crippen LogP contribution in [0.5, 0.6) is 0 Å². The third kappa shape index (κ3) is 4.64. The lowest BCUT2D eigenvalue weighted by Crippen LogP contribution is -2.36. The first kappa shape index (κ1) is 14.4. The molecule has 0 unspecified atom stereocenters. The maximum atomic E-state index is 6.21. The van der Waals surface area contributed by atoms with Gasteiger partial charge in [0.05, 0.1) is 6.33 Å². The Labute approximate surface area is 106 Å². The second-order valence-corrected chi connectivity index (χ2v) is 9.38. The topological polar surface area (TPSA) is 27.1 Å². The zero-order chi connectivity index (χ0) is 12.6. The third-order valence-electron chi connectivity index (χ3n) is 3.71. The minimum Gasteiger partial charge on any atom is -0.417 e. The Bertz CT molecular complexity index is 275. The fourth-order valence-electron chi connectivity index (χ4n) is 2.16. The van der Waals surface area contributed by atoms with Gasteiger partial charge in [0.2, 0.25) is 0 Å². The largest absolute Gasteiger partial charge is 0.417 e. The number of nitrogens with zero attached hydrogens (tertiary/aromatic N) is 2. The summed E-state index contributed by atoms with van der Waals surface area (Å²) in [6, 6.07) is 3.75. The molecule has 1 aromatic rings. The second-order valence-electron chi connectivity index (χ2n) is 4.60. The molecular weight excluding hydrogens is 228 g/mol. The van der Waals surface area contributed by atoms with Crippen LogP contribution >= 0.6 is 0 Å². The lowest BCUT2D eigenvalue weighted by molar-refractivity contribution is 0.286. The number of aryl methyl sites for hydroxylation is 1. The van der Waals surface area contributed by atoms with Gasteiger partial charge in [-0.3, -0.25) is 0 Å². The Morgan fingerprint density at radius 2 is 1.82 bits per heavy atom. The third-order valence-corrected chi connectivity index (χ3v) is 8.39. The average Bonchev–Trinajstić information content (AvgIpc) is 2.88. The van der Waals surface area contributed by atoms with Gasteiger partial charge in [0.25, 0.3) is 0 Å². The second kappa shape index (κ2) is 7.66. The van der Waals surface area contributed by atoms with Crippen molar-refractivity contribution in [3.63, 3.8) is 0 Å². The summed E-state index contributed by atoms with van der Waals surface area (Å²) >= 11 is 0. The van der Waals surface area contributed by atoms with Crippen molar-refractivity contribution in [2.45, 2.75) is 58.3 Å². The number of aromatic nitrogens is 2. The standard InChI is InChI=1S/C13H26N2OSi/c1-4-17(5-2,6-3)16-12-8-7-10-15-11-9-14-13-15/h9,11,13H,4-8,10,12H2,1-3H3. The molecule has 0 N–H and O–H groups in total. The Morgan fingerprint density at radius 1 is 1.12 bits per heavy atom. The zero-order valence-electron chi connectivity index (χ0n) is 11.5. The summed E-state index contributed by atoms with van der Waals surface area (Å²) in [7, 11) is -1.35. The van der Waals surface area contributed by atoms with Gasteiger partial charge >= 0.3 is 0 Å². The Balaban J connectivity index is 2.14. The first-order valence-electron chi connectivity index (χ1n) is 6.86. The molecule has 0 aliphatic heterocycles. The highest BCUT2D eigenvalue weighted by Gasteiger charge is 2.27.